The number of carbonyl (C=O) groups is 3. The average Bonchev–Trinajstić information content (AvgIpc) is 2.57. The molecule has 0 unspecified atom stereocenters. The number of amides is 4. The van der Waals surface area contributed by atoms with Gasteiger partial charge in [-0.25, -0.2) is 4.79 Å². The monoisotopic (exact) mass is 362 g/mol. The first-order chi connectivity index (χ1) is 12.0. The molecule has 1 aromatic rings. The fraction of sp³-hybridized carbons (Fsp3) is 0.526. The molecular formula is C19H23ClN2O3. The number of hydrogen-bond donors (Lipinski definition) is 0. The lowest BCUT2D eigenvalue weighted by molar-refractivity contribution is -0.144. The van der Waals surface area contributed by atoms with Gasteiger partial charge in [0, 0.05) is 17.6 Å². The molecule has 5 nitrogen and oxygen atoms in total. The van der Waals surface area contributed by atoms with Crippen LogP contribution >= 0.6 is 11.6 Å². The van der Waals surface area contributed by atoms with Crippen LogP contribution in [-0.4, -0.2) is 40.2 Å². The van der Waals surface area contributed by atoms with E-state index in [4.69, 9.17) is 11.6 Å². The number of hydrogen-bond acceptors (Lipinski definition) is 3. The molecule has 0 bridgehead atoms. The van der Waals surface area contributed by atoms with Crippen LogP contribution in [0.2, 0.25) is 5.02 Å². The lowest BCUT2D eigenvalue weighted by Crippen LogP contribution is -2.59. The third kappa shape index (κ3) is 4.03. The zero-order valence-electron chi connectivity index (χ0n) is 14.4. The number of urea groups is 1. The minimum absolute atomic E-state index is 0.0673. The van der Waals surface area contributed by atoms with Gasteiger partial charge in [0.15, 0.2) is 0 Å². The van der Waals surface area contributed by atoms with Crippen molar-refractivity contribution in [2.75, 3.05) is 6.54 Å². The lowest BCUT2D eigenvalue weighted by atomic mass is 9.86. The van der Waals surface area contributed by atoms with E-state index in [0.717, 1.165) is 31.2 Å². The first-order valence-corrected chi connectivity index (χ1v) is 9.24. The van der Waals surface area contributed by atoms with Gasteiger partial charge in [0.1, 0.15) is 6.42 Å². The summed E-state index contributed by atoms with van der Waals surface area (Å²) >= 11 is 5.88. The summed E-state index contributed by atoms with van der Waals surface area (Å²) in [7, 11) is 0. The Labute approximate surface area is 152 Å². The van der Waals surface area contributed by atoms with E-state index in [-0.39, 0.29) is 24.9 Å². The van der Waals surface area contributed by atoms with Crippen molar-refractivity contribution in [3.8, 4) is 0 Å². The second-order valence-electron chi connectivity index (χ2n) is 7.06. The van der Waals surface area contributed by atoms with Crippen molar-refractivity contribution in [1.29, 1.82) is 0 Å². The van der Waals surface area contributed by atoms with Crippen LogP contribution in [0.5, 0.6) is 0 Å². The summed E-state index contributed by atoms with van der Waals surface area (Å²) in [6.45, 7) is 2.48. The Morgan fingerprint density at radius 1 is 1.00 bits per heavy atom. The zero-order chi connectivity index (χ0) is 18.0. The van der Waals surface area contributed by atoms with E-state index < -0.39 is 11.9 Å². The molecule has 3 rings (SSSR count). The van der Waals surface area contributed by atoms with E-state index in [2.05, 4.69) is 6.92 Å². The summed E-state index contributed by atoms with van der Waals surface area (Å²) in [6, 6.07) is 6.82. The molecule has 4 amide bonds. The average molecular weight is 363 g/mol. The molecule has 0 atom stereocenters. The van der Waals surface area contributed by atoms with Crippen LogP contribution in [0.4, 0.5) is 4.79 Å². The van der Waals surface area contributed by atoms with Crippen LogP contribution in [0.1, 0.15) is 44.6 Å². The number of benzene rings is 1. The molecule has 1 saturated heterocycles. The van der Waals surface area contributed by atoms with Crippen molar-refractivity contribution in [3.05, 3.63) is 34.9 Å². The van der Waals surface area contributed by atoms with Crippen LogP contribution in [0, 0.1) is 5.92 Å². The maximum absolute atomic E-state index is 12.8. The first-order valence-electron chi connectivity index (χ1n) is 8.86. The Balaban J connectivity index is 1.68. The van der Waals surface area contributed by atoms with Gasteiger partial charge in [-0.1, -0.05) is 30.7 Å². The van der Waals surface area contributed by atoms with Gasteiger partial charge in [0.05, 0.1) is 0 Å². The normalized spacial score (nSPS) is 24.8. The molecule has 2 fully saturated rings. The summed E-state index contributed by atoms with van der Waals surface area (Å²) in [6.07, 6.45) is 4.04. The van der Waals surface area contributed by atoms with Gasteiger partial charge in [0.25, 0.3) is 0 Å². The summed E-state index contributed by atoms with van der Waals surface area (Å²) in [5, 5.41) is 0.650. The highest BCUT2D eigenvalue weighted by atomic mass is 35.5. The van der Waals surface area contributed by atoms with Gasteiger partial charge in [-0.3, -0.25) is 19.4 Å². The van der Waals surface area contributed by atoms with Gasteiger partial charge in [-0.2, -0.15) is 0 Å². The minimum atomic E-state index is -0.449. The molecular weight excluding hydrogens is 340 g/mol. The number of rotatable bonds is 4. The smallest absolute Gasteiger partial charge is 0.274 e. The molecule has 25 heavy (non-hydrogen) atoms. The maximum atomic E-state index is 12.8. The Hall–Kier alpha value is -1.88. The number of halogens is 1. The molecule has 0 aromatic heterocycles. The maximum Gasteiger partial charge on any atom is 0.333 e. The van der Waals surface area contributed by atoms with Crippen molar-refractivity contribution in [2.45, 2.75) is 51.5 Å². The molecule has 0 N–H and O–H groups in total. The molecule has 0 spiro atoms. The fourth-order valence-corrected chi connectivity index (χ4v) is 3.75. The standard InChI is InChI=1S/C19H23ClN2O3/c1-13-2-8-16(9-3-13)22-18(24)12-17(23)21(19(22)25)11-10-14-4-6-15(20)7-5-14/h4-7,13,16H,2-3,8-12H2,1H3. The predicted octanol–water partition coefficient (Wildman–Crippen LogP) is 3.64. The van der Waals surface area contributed by atoms with Gasteiger partial charge in [-0.15, -0.1) is 0 Å². The van der Waals surface area contributed by atoms with Gasteiger partial charge in [0.2, 0.25) is 11.8 Å². The van der Waals surface area contributed by atoms with E-state index in [1.165, 1.54) is 9.80 Å². The van der Waals surface area contributed by atoms with Crippen molar-refractivity contribution < 1.29 is 14.4 Å². The first kappa shape index (κ1) is 17.9. The third-order valence-corrected chi connectivity index (χ3v) is 5.45. The summed E-state index contributed by atoms with van der Waals surface area (Å²) in [4.78, 5) is 39.9. The van der Waals surface area contributed by atoms with Gasteiger partial charge in [-0.05, 0) is 55.7 Å². The van der Waals surface area contributed by atoms with E-state index in [1.54, 1.807) is 12.1 Å². The second-order valence-corrected chi connectivity index (χ2v) is 7.50. The Kier molecular flexibility index (Phi) is 5.42. The van der Waals surface area contributed by atoms with E-state index in [1.807, 2.05) is 12.1 Å². The highest BCUT2D eigenvalue weighted by Crippen LogP contribution is 2.29. The second kappa shape index (κ2) is 7.56. The minimum Gasteiger partial charge on any atom is -0.274 e. The van der Waals surface area contributed by atoms with Gasteiger partial charge < -0.3 is 0 Å². The van der Waals surface area contributed by atoms with Crippen LogP contribution in [0.3, 0.4) is 0 Å². The molecule has 1 aliphatic carbocycles. The molecule has 2 aliphatic rings. The number of imide groups is 2. The SMILES string of the molecule is CC1CCC(N2C(=O)CC(=O)N(CCc3ccc(Cl)cc3)C2=O)CC1. The number of nitrogens with zero attached hydrogens (tertiary/aromatic N) is 2. The van der Waals surface area contributed by atoms with E-state index >= 15 is 0 Å². The van der Waals surface area contributed by atoms with Crippen LogP contribution in [0.15, 0.2) is 24.3 Å². The van der Waals surface area contributed by atoms with Crippen LogP contribution < -0.4 is 0 Å². The lowest BCUT2D eigenvalue weighted by Gasteiger charge is -2.40. The molecule has 134 valence electrons. The van der Waals surface area contributed by atoms with Crippen LogP contribution in [0.25, 0.3) is 0 Å². The molecule has 1 aromatic carbocycles. The Bertz CT molecular complexity index is 666. The fourth-order valence-electron chi connectivity index (χ4n) is 3.63. The molecule has 1 saturated carbocycles. The number of barbiturate groups is 1. The predicted molar refractivity (Wildman–Crippen MR) is 95.1 cm³/mol. The summed E-state index contributed by atoms with van der Waals surface area (Å²) < 4.78 is 0. The number of carbonyl (C=O) groups excluding carboxylic acids is 3. The largest absolute Gasteiger partial charge is 0.333 e. The van der Waals surface area contributed by atoms with Crippen molar-refractivity contribution >= 4 is 29.4 Å². The van der Waals surface area contributed by atoms with E-state index in [9.17, 15) is 14.4 Å². The van der Waals surface area contributed by atoms with Crippen molar-refractivity contribution in [1.82, 2.24) is 9.80 Å². The summed E-state index contributed by atoms with van der Waals surface area (Å²) in [5.41, 5.74) is 1.000. The third-order valence-electron chi connectivity index (χ3n) is 5.20. The Morgan fingerprint density at radius 3 is 2.28 bits per heavy atom. The topological polar surface area (TPSA) is 57.7 Å². The van der Waals surface area contributed by atoms with Crippen molar-refractivity contribution in [3.63, 3.8) is 0 Å². The molecule has 1 aliphatic heterocycles. The Morgan fingerprint density at radius 2 is 1.64 bits per heavy atom. The van der Waals surface area contributed by atoms with Gasteiger partial charge >= 0.3 is 6.03 Å². The quantitative estimate of drug-likeness (QED) is 0.768. The molecule has 0 radical (unpaired) electrons. The summed E-state index contributed by atoms with van der Waals surface area (Å²) in [5.74, 6) is -0.115. The molecule has 6 heteroatoms. The van der Waals surface area contributed by atoms with E-state index in [0.29, 0.717) is 17.4 Å². The van der Waals surface area contributed by atoms with Crippen molar-refractivity contribution in [2.24, 2.45) is 5.92 Å². The highest BCUT2D eigenvalue weighted by molar-refractivity contribution is 6.30. The highest BCUT2D eigenvalue weighted by Gasteiger charge is 2.41. The zero-order valence-corrected chi connectivity index (χ0v) is 15.2. The molecule has 1 heterocycles. The van der Waals surface area contributed by atoms with Crippen LogP contribution in [-0.2, 0) is 16.0 Å².